The summed E-state index contributed by atoms with van der Waals surface area (Å²) in [6, 6.07) is 0.881. The van der Waals surface area contributed by atoms with E-state index in [9.17, 15) is 4.79 Å². The van der Waals surface area contributed by atoms with Gasteiger partial charge in [-0.15, -0.1) is 0 Å². The molecule has 3 heteroatoms. The quantitative estimate of drug-likeness (QED) is 0.829. The van der Waals surface area contributed by atoms with Gasteiger partial charge in [0.1, 0.15) is 0 Å². The fraction of sp³-hybridized carbons (Fsp3) is 0.933. The molecule has 0 atom stereocenters. The minimum Gasteiger partial charge on any atom is -0.356 e. The fourth-order valence-corrected chi connectivity index (χ4v) is 3.53. The number of hydrogen-bond donors (Lipinski definition) is 1. The summed E-state index contributed by atoms with van der Waals surface area (Å²) in [4.78, 5) is 14.3. The van der Waals surface area contributed by atoms with Crippen LogP contribution in [0.4, 0.5) is 0 Å². The van der Waals surface area contributed by atoms with Crippen molar-refractivity contribution in [2.45, 2.75) is 57.4 Å². The molecule has 3 rings (SSSR count). The van der Waals surface area contributed by atoms with Gasteiger partial charge in [0.15, 0.2) is 0 Å². The second kappa shape index (κ2) is 5.60. The van der Waals surface area contributed by atoms with Crippen LogP contribution in [0.5, 0.6) is 0 Å². The minimum atomic E-state index is 0.313. The molecule has 1 N–H and O–H groups in total. The lowest BCUT2D eigenvalue weighted by molar-refractivity contribution is -0.122. The molecule has 0 aromatic carbocycles. The maximum atomic E-state index is 11.6. The van der Waals surface area contributed by atoms with E-state index >= 15 is 0 Å². The zero-order valence-electron chi connectivity index (χ0n) is 11.4. The Kier molecular flexibility index (Phi) is 3.88. The Bertz CT molecular complexity index is 287. The number of likely N-dealkylation sites (tertiary alicyclic amines) is 1. The molecule has 18 heavy (non-hydrogen) atoms. The normalized spacial score (nSPS) is 27.6. The van der Waals surface area contributed by atoms with Crippen LogP contribution in [0.3, 0.4) is 0 Å². The van der Waals surface area contributed by atoms with Gasteiger partial charge in [0.2, 0.25) is 5.91 Å². The standard InChI is InChI=1S/C15H26N2O/c18-15(13-5-6-13)16-11-12-7-9-17(10-8-12)14-3-1-2-4-14/h12-14H,1-11H2,(H,16,18). The smallest absolute Gasteiger partial charge is 0.223 e. The van der Waals surface area contributed by atoms with E-state index in [-0.39, 0.29) is 0 Å². The van der Waals surface area contributed by atoms with Crippen LogP contribution in [-0.2, 0) is 4.79 Å². The largest absolute Gasteiger partial charge is 0.356 e. The highest BCUT2D eigenvalue weighted by atomic mass is 16.2. The predicted molar refractivity (Wildman–Crippen MR) is 72.3 cm³/mol. The maximum absolute atomic E-state index is 11.6. The minimum absolute atomic E-state index is 0.313. The van der Waals surface area contributed by atoms with Gasteiger partial charge in [0.05, 0.1) is 0 Å². The van der Waals surface area contributed by atoms with Crippen LogP contribution >= 0.6 is 0 Å². The van der Waals surface area contributed by atoms with Crippen molar-refractivity contribution in [3.63, 3.8) is 0 Å². The number of nitrogens with one attached hydrogen (secondary N) is 1. The topological polar surface area (TPSA) is 32.3 Å². The van der Waals surface area contributed by atoms with E-state index < -0.39 is 0 Å². The van der Waals surface area contributed by atoms with Gasteiger partial charge in [-0.05, 0) is 57.5 Å². The third-order valence-electron chi connectivity index (χ3n) is 5.00. The Morgan fingerprint density at radius 1 is 1.00 bits per heavy atom. The fourth-order valence-electron chi connectivity index (χ4n) is 3.53. The zero-order chi connectivity index (χ0) is 12.4. The number of nitrogens with zero attached hydrogens (tertiary/aromatic N) is 1. The third kappa shape index (κ3) is 3.05. The number of carbonyl (C=O) groups excluding carboxylic acids is 1. The molecule has 2 aliphatic carbocycles. The van der Waals surface area contributed by atoms with Crippen molar-refractivity contribution in [1.82, 2.24) is 10.2 Å². The van der Waals surface area contributed by atoms with Crippen molar-refractivity contribution >= 4 is 5.91 Å². The van der Waals surface area contributed by atoms with E-state index in [1.165, 1.54) is 51.6 Å². The van der Waals surface area contributed by atoms with Gasteiger partial charge in [0.25, 0.3) is 0 Å². The van der Waals surface area contributed by atoms with Gasteiger partial charge < -0.3 is 10.2 Å². The zero-order valence-corrected chi connectivity index (χ0v) is 11.4. The highest BCUT2D eigenvalue weighted by Gasteiger charge is 2.31. The Labute approximate surface area is 110 Å². The van der Waals surface area contributed by atoms with Crippen molar-refractivity contribution in [2.24, 2.45) is 11.8 Å². The second-order valence-electron chi connectivity index (χ2n) is 6.44. The Morgan fingerprint density at radius 2 is 1.67 bits per heavy atom. The molecule has 0 bridgehead atoms. The molecule has 0 unspecified atom stereocenters. The monoisotopic (exact) mass is 250 g/mol. The number of hydrogen-bond acceptors (Lipinski definition) is 2. The highest BCUT2D eigenvalue weighted by molar-refractivity contribution is 5.80. The van der Waals surface area contributed by atoms with Crippen molar-refractivity contribution in [1.29, 1.82) is 0 Å². The van der Waals surface area contributed by atoms with Gasteiger partial charge in [-0.3, -0.25) is 4.79 Å². The van der Waals surface area contributed by atoms with Crippen molar-refractivity contribution in [3.05, 3.63) is 0 Å². The summed E-state index contributed by atoms with van der Waals surface area (Å²) in [6.45, 7) is 3.44. The van der Waals surface area contributed by atoms with Gasteiger partial charge in [-0.25, -0.2) is 0 Å². The summed E-state index contributed by atoms with van der Waals surface area (Å²) < 4.78 is 0. The highest BCUT2D eigenvalue weighted by Crippen LogP contribution is 2.30. The van der Waals surface area contributed by atoms with Crippen LogP contribution < -0.4 is 5.32 Å². The maximum Gasteiger partial charge on any atom is 0.223 e. The number of rotatable bonds is 4. The van der Waals surface area contributed by atoms with E-state index in [0.717, 1.165) is 31.3 Å². The number of amides is 1. The third-order valence-corrected chi connectivity index (χ3v) is 5.00. The molecular formula is C15H26N2O. The predicted octanol–water partition coefficient (Wildman–Crippen LogP) is 2.17. The van der Waals surface area contributed by atoms with Gasteiger partial charge >= 0.3 is 0 Å². The summed E-state index contributed by atoms with van der Waals surface area (Å²) in [6.07, 6.45) is 10.5. The first kappa shape index (κ1) is 12.5. The van der Waals surface area contributed by atoms with Gasteiger partial charge in [-0.1, -0.05) is 12.8 Å². The molecule has 3 fully saturated rings. The molecule has 1 saturated heterocycles. The summed E-state index contributed by atoms with van der Waals surface area (Å²) in [5.41, 5.74) is 0. The molecule has 1 amide bonds. The van der Waals surface area contributed by atoms with Crippen molar-refractivity contribution in [2.75, 3.05) is 19.6 Å². The Morgan fingerprint density at radius 3 is 2.28 bits per heavy atom. The summed E-state index contributed by atoms with van der Waals surface area (Å²) >= 11 is 0. The van der Waals surface area contributed by atoms with Crippen molar-refractivity contribution in [3.8, 4) is 0 Å². The first-order chi connectivity index (χ1) is 8.83. The van der Waals surface area contributed by atoms with Gasteiger partial charge in [-0.2, -0.15) is 0 Å². The molecule has 1 heterocycles. The number of carbonyl (C=O) groups is 1. The molecule has 0 spiro atoms. The van der Waals surface area contributed by atoms with Crippen LogP contribution in [0, 0.1) is 11.8 Å². The molecule has 0 radical (unpaired) electrons. The van der Waals surface area contributed by atoms with E-state index in [2.05, 4.69) is 10.2 Å². The first-order valence-corrected chi connectivity index (χ1v) is 7.84. The van der Waals surface area contributed by atoms with E-state index in [1.54, 1.807) is 0 Å². The lowest BCUT2D eigenvalue weighted by Gasteiger charge is -2.36. The average Bonchev–Trinajstić information content (AvgIpc) is 3.12. The lowest BCUT2D eigenvalue weighted by atomic mass is 9.95. The molecular weight excluding hydrogens is 224 g/mol. The van der Waals surface area contributed by atoms with Gasteiger partial charge in [0, 0.05) is 18.5 Å². The van der Waals surface area contributed by atoms with Crippen LogP contribution in [0.15, 0.2) is 0 Å². The first-order valence-electron chi connectivity index (χ1n) is 7.84. The molecule has 0 aromatic heterocycles. The molecule has 3 aliphatic rings. The van der Waals surface area contributed by atoms with Crippen LogP contribution in [0.25, 0.3) is 0 Å². The van der Waals surface area contributed by atoms with Crippen LogP contribution in [-0.4, -0.2) is 36.5 Å². The second-order valence-corrected chi connectivity index (χ2v) is 6.44. The Balaban J connectivity index is 1.35. The molecule has 102 valence electrons. The van der Waals surface area contributed by atoms with Crippen LogP contribution in [0.2, 0.25) is 0 Å². The van der Waals surface area contributed by atoms with E-state index in [1.807, 2.05) is 0 Å². The molecule has 2 saturated carbocycles. The lowest BCUT2D eigenvalue weighted by Crippen LogP contribution is -2.42. The Hall–Kier alpha value is -0.570. The molecule has 1 aliphatic heterocycles. The SMILES string of the molecule is O=C(NCC1CCN(C2CCCC2)CC1)C1CC1. The molecule has 3 nitrogen and oxygen atoms in total. The molecule has 0 aromatic rings. The van der Waals surface area contributed by atoms with E-state index in [4.69, 9.17) is 0 Å². The van der Waals surface area contributed by atoms with Crippen LogP contribution in [0.1, 0.15) is 51.4 Å². The summed E-state index contributed by atoms with van der Waals surface area (Å²) in [5, 5.41) is 3.14. The summed E-state index contributed by atoms with van der Waals surface area (Å²) in [5.74, 6) is 1.40. The summed E-state index contributed by atoms with van der Waals surface area (Å²) in [7, 11) is 0. The van der Waals surface area contributed by atoms with E-state index in [0.29, 0.717) is 11.8 Å². The number of piperidine rings is 1. The average molecular weight is 250 g/mol. The van der Waals surface area contributed by atoms with Crippen molar-refractivity contribution < 1.29 is 4.79 Å².